The molecular formula is C15H18FNO4S. The highest BCUT2D eigenvalue weighted by Gasteiger charge is 2.31. The van der Waals surface area contributed by atoms with Crippen molar-refractivity contribution < 1.29 is 22.7 Å². The van der Waals surface area contributed by atoms with Gasteiger partial charge in [0.05, 0.1) is 11.7 Å². The van der Waals surface area contributed by atoms with E-state index in [1.165, 1.54) is 18.2 Å². The minimum absolute atomic E-state index is 0.174. The number of carbonyl (C=O) groups is 1. The molecule has 0 spiro atoms. The van der Waals surface area contributed by atoms with Gasteiger partial charge < -0.3 is 5.11 Å². The third-order valence-electron chi connectivity index (χ3n) is 3.63. The molecule has 0 aromatic heterocycles. The largest absolute Gasteiger partial charge is 0.481 e. The number of benzene rings is 1. The van der Waals surface area contributed by atoms with E-state index in [9.17, 15) is 17.6 Å². The van der Waals surface area contributed by atoms with Gasteiger partial charge in [0, 0.05) is 6.04 Å². The van der Waals surface area contributed by atoms with Crippen LogP contribution in [-0.4, -0.2) is 31.3 Å². The number of aryl methyl sites for hydroxylation is 1. The average Bonchev–Trinajstić information content (AvgIpc) is 2.45. The molecule has 5 nitrogen and oxygen atoms in total. The van der Waals surface area contributed by atoms with Crippen LogP contribution >= 0.6 is 0 Å². The van der Waals surface area contributed by atoms with Crippen LogP contribution in [0.1, 0.15) is 18.4 Å². The van der Waals surface area contributed by atoms with Crippen molar-refractivity contribution in [2.75, 3.05) is 5.75 Å². The van der Waals surface area contributed by atoms with Crippen LogP contribution < -0.4 is 4.72 Å². The van der Waals surface area contributed by atoms with Gasteiger partial charge in [-0.05, 0) is 37.0 Å². The molecule has 2 rings (SSSR count). The molecule has 0 aliphatic heterocycles. The van der Waals surface area contributed by atoms with E-state index in [0.717, 1.165) is 0 Å². The van der Waals surface area contributed by atoms with E-state index >= 15 is 0 Å². The van der Waals surface area contributed by atoms with Gasteiger partial charge in [-0.15, -0.1) is 0 Å². The van der Waals surface area contributed by atoms with E-state index in [1.807, 2.05) is 0 Å². The number of carboxylic acid groups (broad SMARTS) is 1. The van der Waals surface area contributed by atoms with E-state index in [0.29, 0.717) is 18.4 Å². The van der Waals surface area contributed by atoms with Crippen LogP contribution in [0, 0.1) is 11.7 Å². The number of carboxylic acids is 1. The molecule has 0 amide bonds. The zero-order valence-corrected chi connectivity index (χ0v) is 12.7. The molecule has 0 fully saturated rings. The summed E-state index contributed by atoms with van der Waals surface area (Å²) in [6, 6.07) is 5.13. The molecule has 0 unspecified atom stereocenters. The first kappa shape index (κ1) is 16.6. The van der Waals surface area contributed by atoms with Gasteiger partial charge in [0.1, 0.15) is 5.82 Å². The Morgan fingerprint density at radius 2 is 2.05 bits per heavy atom. The summed E-state index contributed by atoms with van der Waals surface area (Å²) in [6.07, 6.45) is 4.37. The summed E-state index contributed by atoms with van der Waals surface area (Å²) >= 11 is 0. The minimum Gasteiger partial charge on any atom is -0.481 e. The van der Waals surface area contributed by atoms with Crippen molar-refractivity contribution in [1.29, 1.82) is 0 Å². The van der Waals surface area contributed by atoms with E-state index in [1.54, 1.807) is 18.2 Å². The summed E-state index contributed by atoms with van der Waals surface area (Å²) in [5.74, 6) is -2.38. The Kier molecular flexibility index (Phi) is 5.31. The summed E-state index contributed by atoms with van der Waals surface area (Å²) < 4.78 is 39.7. The summed E-state index contributed by atoms with van der Waals surface area (Å²) in [5, 5.41) is 9.13. The Morgan fingerprint density at radius 3 is 2.73 bits per heavy atom. The zero-order chi connectivity index (χ0) is 16.2. The molecule has 0 heterocycles. The van der Waals surface area contributed by atoms with Gasteiger partial charge in [-0.25, -0.2) is 17.5 Å². The Morgan fingerprint density at radius 1 is 1.32 bits per heavy atom. The van der Waals surface area contributed by atoms with Crippen LogP contribution in [0.5, 0.6) is 0 Å². The first-order valence-corrected chi connectivity index (χ1v) is 8.65. The SMILES string of the molecule is O=C(O)[C@@H]1CC=CC[C@@H]1NS(=O)(=O)CCc1cccc(F)c1. The van der Waals surface area contributed by atoms with Crippen LogP contribution in [0.3, 0.4) is 0 Å². The van der Waals surface area contributed by atoms with Crippen LogP contribution in [0.25, 0.3) is 0 Å². The second-order valence-corrected chi connectivity index (χ2v) is 7.18. The Labute approximate surface area is 128 Å². The Hall–Kier alpha value is -1.73. The topological polar surface area (TPSA) is 83.5 Å². The third-order valence-corrected chi connectivity index (χ3v) is 5.03. The fourth-order valence-corrected chi connectivity index (χ4v) is 3.80. The van der Waals surface area contributed by atoms with Crippen LogP contribution in [-0.2, 0) is 21.2 Å². The highest BCUT2D eigenvalue weighted by molar-refractivity contribution is 7.89. The quantitative estimate of drug-likeness (QED) is 0.779. The lowest BCUT2D eigenvalue weighted by Crippen LogP contribution is -2.45. The molecule has 1 aromatic carbocycles. The molecule has 0 bridgehead atoms. The fourth-order valence-electron chi connectivity index (χ4n) is 2.45. The molecule has 1 aliphatic rings. The molecular weight excluding hydrogens is 309 g/mol. The summed E-state index contributed by atoms with van der Waals surface area (Å²) in [5.41, 5.74) is 0.587. The predicted octanol–water partition coefficient (Wildman–Crippen LogP) is 1.71. The van der Waals surface area contributed by atoms with Gasteiger partial charge in [0.25, 0.3) is 0 Å². The van der Waals surface area contributed by atoms with Crippen LogP contribution in [0.15, 0.2) is 36.4 Å². The van der Waals surface area contributed by atoms with Crippen molar-refractivity contribution in [3.8, 4) is 0 Å². The van der Waals surface area contributed by atoms with Crippen molar-refractivity contribution >= 4 is 16.0 Å². The van der Waals surface area contributed by atoms with Crippen LogP contribution in [0.4, 0.5) is 4.39 Å². The Balaban J connectivity index is 1.98. The molecule has 0 saturated carbocycles. The molecule has 2 atom stereocenters. The maximum atomic E-state index is 13.1. The van der Waals surface area contributed by atoms with Crippen molar-refractivity contribution in [2.45, 2.75) is 25.3 Å². The highest BCUT2D eigenvalue weighted by Crippen LogP contribution is 2.20. The lowest BCUT2D eigenvalue weighted by molar-refractivity contribution is -0.142. The summed E-state index contributed by atoms with van der Waals surface area (Å²) in [7, 11) is -3.63. The zero-order valence-electron chi connectivity index (χ0n) is 11.9. The number of hydrogen-bond acceptors (Lipinski definition) is 3. The summed E-state index contributed by atoms with van der Waals surface area (Å²) in [4.78, 5) is 11.2. The standard InChI is InChI=1S/C15H18FNO4S/c16-12-5-3-4-11(10-12)8-9-22(20,21)17-14-7-2-1-6-13(14)15(18)19/h1-5,10,13-14,17H,6-9H2,(H,18,19)/t13-,14+/m1/s1. The number of nitrogens with one attached hydrogen (secondary N) is 1. The number of aliphatic carboxylic acids is 1. The van der Waals surface area contributed by atoms with E-state index in [2.05, 4.69) is 4.72 Å². The lowest BCUT2D eigenvalue weighted by atomic mass is 9.90. The first-order chi connectivity index (χ1) is 10.4. The van der Waals surface area contributed by atoms with E-state index in [4.69, 9.17) is 5.11 Å². The van der Waals surface area contributed by atoms with Crippen molar-refractivity contribution in [3.05, 3.63) is 47.8 Å². The third kappa shape index (κ3) is 4.64. The molecule has 2 N–H and O–H groups in total. The van der Waals surface area contributed by atoms with Gasteiger partial charge in [-0.2, -0.15) is 0 Å². The van der Waals surface area contributed by atoms with Gasteiger partial charge in [-0.1, -0.05) is 24.3 Å². The number of allylic oxidation sites excluding steroid dienone is 1. The highest BCUT2D eigenvalue weighted by atomic mass is 32.2. The van der Waals surface area contributed by atoms with Crippen LogP contribution in [0.2, 0.25) is 0 Å². The maximum absolute atomic E-state index is 13.1. The number of rotatable bonds is 6. The van der Waals surface area contributed by atoms with Crippen molar-refractivity contribution in [1.82, 2.24) is 4.72 Å². The number of hydrogen-bond donors (Lipinski definition) is 2. The smallest absolute Gasteiger partial charge is 0.308 e. The predicted molar refractivity (Wildman–Crippen MR) is 80.3 cm³/mol. The van der Waals surface area contributed by atoms with Gasteiger partial charge in [0.2, 0.25) is 10.0 Å². The van der Waals surface area contributed by atoms with Gasteiger partial charge >= 0.3 is 5.97 Å². The fraction of sp³-hybridized carbons (Fsp3) is 0.400. The maximum Gasteiger partial charge on any atom is 0.308 e. The summed E-state index contributed by atoms with van der Waals surface area (Å²) in [6.45, 7) is 0. The van der Waals surface area contributed by atoms with E-state index in [-0.39, 0.29) is 12.2 Å². The average molecular weight is 327 g/mol. The first-order valence-electron chi connectivity index (χ1n) is 6.99. The minimum atomic E-state index is -3.63. The molecule has 22 heavy (non-hydrogen) atoms. The monoisotopic (exact) mass is 327 g/mol. The molecule has 1 aliphatic carbocycles. The van der Waals surface area contributed by atoms with Crippen molar-refractivity contribution in [3.63, 3.8) is 0 Å². The van der Waals surface area contributed by atoms with E-state index < -0.39 is 33.8 Å². The molecule has 0 radical (unpaired) electrons. The number of halogens is 1. The molecule has 7 heteroatoms. The molecule has 0 saturated heterocycles. The second kappa shape index (κ2) is 7.02. The van der Waals surface area contributed by atoms with Crippen molar-refractivity contribution in [2.24, 2.45) is 5.92 Å². The molecule has 120 valence electrons. The number of sulfonamides is 1. The molecule has 1 aromatic rings. The van der Waals surface area contributed by atoms with Gasteiger partial charge in [0.15, 0.2) is 0 Å². The normalized spacial score (nSPS) is 21.7. The second-order valence-electron chi connectivity index (χ2n) is 5.31. The lowest BCUT2D eigenvalue weighted by Gasteiger charge is -2.25. The van der Waals surface area contributed by atoms with Gasteiger partial charge in [-0.3, -0.25) is 4.79 Å². The Bertz CT molecular complexity index is 672.